The predicted octanol–water partition coefficient (Wildman–Crippen LogP) is 3.14. The maximum Gasteiger partial charge on any atom is 0.165 e. The molecule has 0 unspecified atom stereocenters. The summed E-state index contributed by atoms with van der Waals surface area (Å²) in [5.74, 6) is 2.70. The Morgan fingerprint density at radius 1 is 1.00 bits per heavy atom. The van der Waals surface area contributed by atoms with Crippen LogP contribution in [-0.2, 0) is 0 Å². The molecule has 2 N–H and O–H groups in total. The molecule has 0 saturated carbocycles. The summed E-state index contributed by atoms with van der Waals surface area (Å²) in [6, 6.07) is 11.3. The molecule has 2 aromatic carbocycles. The van der Waals surface area contributed by atoms with Crippen molar-refractivity contribution in [3.8, 4) is 23.0 Å². The normalized spacial score (nSPS) is 13.1. The molecule has 1 heterocycles. The summed E-state index contributed by atoms with van der Waals surface area (Å²) < 4.78 is 16.8. The van der Waals surface area contributed by atoms with Gasteiger partial charge in [0, 0.05) is 12.1 Å². The average Bonchev–Trinajstić information content (AvgIpc) is 2.42. The molecule has 0 radical (unpaired) electrons. The van der Waals surface area contributed by atoms with E-state index in [1.807, 2.05) is 31.2 Å². The van der Waals surface area contributed by atoms with E-state index < -0.39 is 0 Å². The van der Waals surface area contributed by atoms with Gasteiger partial charge in [-0.15, -0.1) is 0 Å². The Morgan fingerprint density at radius 3 is 2.42 bits per heavy atom. The second-order valence-corrected chi connectivity index (χ2v) is 4.40. The van der Waals surface area contributed by atoms with Crippen LogP contribution in [0.5, 0.6) is 23.0 Å². The number of benzene rings is 2. The molecule has 0 spiro atoms. The zero-order valence-corrected chi connectivity index (χ0v) is 10.7. The summed E-state index contributed by atoms with van der Waals surface area (Å²) in [4.78, 5) is 0. The minimum Gasteiger partial charge on any atom is -0.486 e. The molecule has 1 aliphatic heterocycles. The van der Waals surface area contributed by atoms with Crippen LogP contribution in [0.1, 0.15) is 5.56 Å². The van der Waals surface area contributed by atoms with Crippen molar-refractivity contribution in [1.29, 1.82) is 0 Å². The van der Waals surface area contributed by atoms with E-state index >= 15 is 0 Å². The van der Waals surface area contributed by atoms with Crippen LogP contribution in [0.25, 0.3) is 0 Å². The highest BCUT2D eigenvalue weighted by Crippen LogP contribution is 2.40. The number of para-hydroxylation sites is 1. The Morgan fingerprint density at radius 2 is 1.68 bits per heavy atom. The van der Waals surface area contributed by atoms with E-state index in [-0.39, 0.29) is 0 Å². The fraction of sp³-hybridized carbons (Fsp3) is 0.200. The predicted molar refractivity (Wildman–Crippen MR) is 73.1 cm³/mol. The quantitative estimate of drug-likeness (QED) is 0.840. The lowest BCUT2D eigenvalue weighted by Gasteiger charge is -2.20. The van der Waals surface area contributed by atoms with Gasteiger partial charge in [0.1, 0.15) is 19.0 Å². The zero-order chi connectivity index (χ0) is 13.2. The molecule has 1 aliphatic rings. The molecule has 0 aromatic heterocycles. The Labute approximate surface area is 111 Å². The molecule has 0 fully saturated rings. The van der Waals surface area contributed by atoms with Gasteiger partial charge in [0.25, 0.3) is 0 Å². The summed E-state index contributed by atoms with van der Waals surface area (Å²) in [5.41, 5.74) is 7.57. The van der Waals surface area contributed by atoms with E-state index in [0.717, 1.165) is 11.3 Å². The van der Waals surface area contributed by atoms with E-state index in [4.69, 9.17) is 19.9 Å². The third-order valence-corrected chi connectivity index (χ3v) is 2.99. The fourth-order valence-corrected chi connectivity index (χ4v) is 1.96. The van der Waals surface area contributed by atoms with E-state index in [0.29, 0.717) is 36.1 Å². The maximum atomic E-state index is 5.98. The standard InChI is InChI=1S/C15H15NO3/c1-10-4-2-3-5-12(10)19-13-9-15-14(8-11(13)16)17-6-7-18-15/h2-5,8-9H,6-7,16H2,1H3. The highest BCUT2D eigenvalue weighted by Gasteiger charge is 2.16. The van der Waals surface area contributed by atoms with Gasteiger partial charge >= 0.3 is 0 Å². The third kappa shape index (κ3) is 2.29. The molecule has 4 nitrogen and oxygen atoms in total. The van der Waals surface area contributed by atoms with Crippen molar-refractivity contribution in [1.82, 2.24) is 0 Å². The Hall–Kier alpha value is -2.36. The van der Waals surface area contributed by atoms with Crippen molar-refractivity contribution in [3.63, 3.8) is 0 Å². The van der Waals surface area contributed by atoms with Crippen molar-refractivity contribution < 1.29 is 14.2 Å². The van der Waals surface area contributed by atoms with Crippen molar-refractivity contribution in [2.24, 2.45) is 0 Å². The lowest BCUT2D eigenvalue weighted by Crippen LogP contribution is -2.15. The van der Waals surface area contributed by atoms with Crippen LogP contribution in [0.4, 0.5) is 5.69 Å². The fourth-order valence-electron chi connectivity index (χ4n) is 1.96. The molecule has 4 heteroatoms. The highest BCUT2D eigenvalue weighted by molar-refractivity contribution is 5.63. The lowest BCUT2D eigenvalue weighted by atomic mass is 10.2. The average molecular weight is 257 g/mol. The smallest absolute Gasteiger partial charge is 0.165 e. The third-order valence-electron chi connectivity index (χ3n) is 2.99. The number of rotatable bonds is 2. The Kier molecular flexibility index (Phi) is 2.91. The van der Waals surface area contributed by atoms with Gasteiger partial charge < -0.3 is 19.9 Å². The summed E-state index contributed by atoms with van der Waals surface area (Å²) in [7, 11) is 0. The molecule has 2 aromatic rings. The van der Waals surface area contributed by atoms with Gasteiger partial charge in [0.2, 0.25) is 0 Å². The lowest BCUT2D eigenvalue weighted by molar-refractivity contribution is 0.171. The number of anilines is 1. The molecule has 0 aliphatic carbocycles. The van der Waals surface area contributed by atoms with Crippen molar-refractivity contribution in [2.75, 3.05) is 18.9 Å². The first-order chi connectivity index (χ1) is 9.24. The number of nitrogens with two attached hydrogens (primary N) is 1. The molecule has 19 heavy (non-hydrogen) atoms. The first-order valence-electron chi connectivity index (χ1n) is 6.16. The highest BCUT2D eigenvalue weighted by atomic mass is 16.6. The summed E-state index contributed by atoms with van der Waals surface area (Å²) in [6.45, 7) is 3.08. The minimum atomic E-state index is 0.535. The molecule has 98 valence electrons. The number of nitrogen functional groups attached to an aromatic ring is 1. The SMILES string of the molecule is Cc1ccccc1Oc1cc2c(cc1N)OCCO2. The van der Waals surface area contributed by atoms with Gasteiger partial charge in [-0.3, -0.25) is 0 Å². The largest absolute Gasteiger partial charge is 0.486 e. The van der Waals surface area contributed by atoms with E-state index in [1.165, 1.54) is 0 Å². The number of ether oxygens (including phenoxy) is 3. The van der Waals surface area contributed by atoms with Gasteiger partial charge in [-0.25, -0.2) is 0 Å². The van der Waals surface area contributed by atoms with Crippen LogP contribution in [-0.4, -0.2) is 13.2 Å². The second-order valence-electron chi connectivity index (χ2n) is 4.40. The van der Waals surface area contributed by atoms with E-state index in [9.17, 15) is 0 Å². The van der Waals surface area contributed by atoms with Gasteiger partial charge in [0.15, 0.2) is 17.2 Å². The molecule has 3 rings (SSSR count). The molecule has 0 amide bonds. The molecule has 0 atom stereocenters. The summed E-state index contributed by atoms with van der Waals surface area (Å²) in [6.07, 6.45) is 0. The van der Waals surface area contributed by atoms with Gasteiger partial charge in [-0.1, -0.05) is 18.2 Å². The number of hydrogen-bond donors (Lipinski definition) is 1. The van der Waals surface area contributed by atoms with E-state index in [2.05, 4.69) is 0 Å². The van der Waals surface area contributed by atoms with Gasteiger partial charge in [-0.05, 0) is 18.6 Å². The topological polar surface area (TPSA) is 53.7 Å². The minimum absolute atomic E-state index is 0.535. The number of hydrogen-bond acceptors (Lipinski definition) is 4. The molecular formula is C15H15NO3. The summed E-state index contributed by atoms with van der Waals surface area (Å²) in [5, 5.41) is 0. The molecule has 0 bridgehead atoms. The van der Waals surface area contributed by atoms with Crippen LogP contribution in [0, 0.1) is 6.92 Å². The van der Waals surface area contributed by atoms with Gasteiger partial charge in [-0.2, -0.15) is 0 Å². The number of fused-ring (bicyclic) bond motifs is 1. The summed E-state index contributed by atoms with van der Waals surface area (Å²) >= 11 is 0. The Balaban J connectivity index is 1.95. The van der Waals surface area contributed by atoms with Crippen LogP contribution < -0.4 is 19.9 Å². The zero-order valence-electron chi connectivity index (χ0n) is 10.7. The van der Waals surface area contributed by atoms with Crippen LogP contribution in [0.3, 0.4) is 0 Å². The van der Waals surface area contributed by atoms with Crippen LogP contribution in [0.15, 0.2) is 36.4 Å². The van der Waals surface area contributed by atoms with Crippen LogP contribution in [0.2, 0.25) is 0 Å². The van der Waals surface area contributed by atoms with E-state index in [1.54, 1.807) is 12.1 Å². The number of aryl methyl sites for hydroxylation is 1. The first-order valence-corrected chi connectivity index (χ1v) is 6.16. The maximum absolute atomic E-state index is 5.98. The van der Waals surface area contributed by atoms with Crippen molar-refractivity contribution in [2.45, 2.75) is 6.92 Å². The van der Waals surface area contributed by atoms with Crippen molar-refractivity contribution >= 4 is 5.69 Å². The van der Waals surface area contributed by atoms with Gasteiger partial charge in [0.05, 0.1) is 5.69 Å². The van der Waals surface area contributed by atoms with Crippen molar-refractivity contribution in [3.05, 3.63) is 42.0 Å². The Bertz CT molecular complexity index is 610. The monoisotopic (exact) mass is 257 g/mol. The molecular weight excluding hydrogens is 242 g/mol. The molecule has 0 saturated heterocycles. The van der Waals surface area contributed by atoms with Crippen LogP contribution >= 0.6 is 0 Å². The first kappa shape index (κ1) is 11.7. The second kappa shape index (κ2) is 4.72.